The molecular weight excluding hydrogens is 266 g/mol. The highest BCUT2D eigenvalue weighted by molar-refractivity contribution is 5.29. The molecule has 22 heavy (non-hydrogen) atoms. The molecule has 1 atom stereocenters. The highest BCUT2D eigenvalue weighted by atomic mass is 15.2. The van der Waals surface area contributed by atoms with Crippen molar-refractivity contribution in [2.75, 3.05) is 13.1 Å². The van der Waals surface area contributed by atoms with Gasteiger partial charge in [0.2, 0.25) is 0 Å². The lowest BCUT2D eigenvalue weighted by Gasteiger charge is -2.66. The molecule has 6 rings (SSSR count). The molecule has 0 amide bonds. The summed E-state index contributed by atoms with van der Waals surface area (Å²) in [4.78, 5) is 2.93. The molecule has 1 nitrogen and oxygen atoms in total. The minimum atomic E-state index is 0.373. The van der Waals surface area contributed by atoms with Crippen LogP contribution in [0.15, 0.2) is 24.3 Å². The van der Waals surface area contributed by atoms with E-state index in [2.05, 4.69) is 29.2 Å². The Hall–Kier alpha value is -0.560. The van der Waals surface area contributed by atoms with Crippen LogP contribution in [0.4, 0.5) is 0 Å². The van der Waals surface area contributed by atoms with Crippen LogP contribution in [0.2, 0.25) is 0 Å². The van der Waals surface area contributed by atoms with Gasteiger partial charge in [-0.05, 0) is 94.0 Å². The van der Waals surface area contributed by atoms with Crippen molar-refractivity contribution in [2.24, 2.45) is 23.2 Å². The predicted octanol–water partition coefficient (Wildman–Crippen LogP) is 4.94. The normalized spacial score (nSPS) is 50.6. The van der Waals surface area contributed by atoms with Gasteiger partial charge in [0.15, 0.2) is 0 Å². The van der Waals surface area contributed by atoms with E-state index in [1.165, 1.54) is 58.0 Å². The van der Waals surface area contributed by atoms with E-state index in [4.69, 9.17) is 0 Å². The zero-order valence-corrected chi connectivity index (χ0v) is 14.0. The number of piperidine rings is 1. The summed E-state index contributed by atoms with van der Waals surface area (Å²) >= 11 is 0. The van der Waals surface area contributed by atoms with Gasteiger partial charge in [-0.3, -0.25) is 4.90 Å². The molecule has 0 radical (unpaired) electrons. The van der Waals surface area contributed by atoms with E-state index in [1.807, 2.05) is 0 Å². The van der Waals surface area contributed by atoms with Crippen LogP contribution >= 0.6 is 0 Å². The summed E-state index contributed by atoms with van der Waals surface area (Å²) in [7, 11) is 0. The van der Waals surface area contributed by atoms with E-state index < -0.39 is 0 Å². The molecule has 4 bridgehead atoms. The van der Waals surface area contributed by atoms with Crippen LogP contribution in [0.3, 0.4) is 0 Å². The summed E-state index contributed by atoms with van der Waals surface area (Å²) in [5.41, 5.74) is 0.985. The zero-order chi connectivity index (χ0) is 14.6. The van der Waals surface area contributed by atoms with Crippen molar-refractivity contribution in [1.29, 1.82) is 0 Å². The second-order valence-electron chi connectivity index (χ2n) is 9.16. The summed E-state index contributed by atoms with van der Waals surface area (Å²) < 4.78 is 0. The zero-order valence-electron chi connectivity index (χ0n) is 14.0. The molecule has 120 valence electrons. The van der Waals surface area contributed by atoms with Crippen LogP contribution in [0.1, 0.15) is 64.2 Å². The van der Waals surface area contributed by atoms with Crippen molar-refractivity contribution in [3.8, 4) is 0 Å². The van der Waals surface area contributed by atoms with E-state index in [0.717, 1.165) is 17.8 Å². The average molecular weight is 297 g/mol. The van der Waals surface area contributed by atoms with Crippen molar-refractivity contribution in [3.05, 3.63) is 24.3 Å². The SMILES string of the molecule is C1=CCC(N2CCCCC2)(C23CC4CC(CC(C4)C2)C3)C=C1. The number of allylic oxidation sites excluding steroid dienone is 2. The Kier molecular flexibility index (Phi) is 3.12. The van der Waals surface area contributed by atoms with E-state index in [1.54, 1.807) is 19.3 Å². The van der Waals surface area contributed by atoms with Gasteiger partial charge in [0, 0.05) is 5.54 Å². The van der Waals surface area contributed by atoms with E-state index >= 15 is 0 Å². The van der Waals surface area contributed by atoms with Crippen molar-refractivity contribution in [3.63, 3.8) is 0 Å². The molecule has 1 heterocycles. The summed E-state index contributed by atoms with van der Waals surface area (Å²) in [6.45, 7) is 2.69. The lowest BCUT2D eigenvalue weighted by Crippen LogP contribution is -2.65. The Morgan fingerprint density at radius 2 is 1.41 bits per heavy atom. The molecule has 1 saturated heterocycles. The quantitative estimate of drug-likeness (QED) is 0.697. The third kappa shape index (κ3) is 1.87. The predicted molar refractivity (Wildman–Crippen MR) is 91.7 cm³/mol. The largest absolute Gasteiger partial charge is 0.293 e. The Bertz CT molecular complexity index is 461. The van der Waals surface area contributed by atoms with Crippen LogP contribution in [-0.4, -0.2) is 23.5 Å². The van der Waals surface area contributed by atoms with E-state index in [-0.39, 0.29) is 0 Å². The molecule has 1 aliphatic heterocycles. The summed E-state index contributed by atoms with van der Waals surface area (Å²) in [5, 5.41) is 0. The van der Waals surface area contributed by atoms with Gasteiger partial charge >= 0.3 is 0 Å². The fraction of sp³-hybridized carbons (Fsp3) is 0.810. The maximum absolute atomic E-state index is 2.93. The topological polar surface area (TPSA) is 3.24 Å². The standard InChI is InChI=1S/C21H31N/c1-3-7-21(8-4-1,22-9-5-2-6-10-22)20-14-17-11-18(15-20)13-19(12-17)16-20/h1,3-4,7,17-19H,2,5-6,8-16H2. The van der Waals surface area contributed by atoms with Crippen LogP contribution in [0.5, 0.6) is 0 Å². The van der Waals surface area contributed by atoms with Gasteiger partial charge in [-0.25, -0.2) is 0 Å². The van der Waals surface area contributed by atoms with Gasteiger partial charge in [0.1, 0.15) is 0 Å². The molecule has 6 aliphatic rings. The van der Waals surface area contributed by atoms with Gasteiger partial charge in [-0.2, -0.15) is 0 Å². The third-order valence-electron chi connectivity index (χ3n) is 7.93. The number of rotatable bonds is 2. The van der Waals surface area contributed by atoms with Crippen molar-refractivity contribution in [1.82, 2.24) is 4.90 Å². The number of hydrogen-bond acceptors (Lipinski definition) is 1. The first kappa shape index (κ1) is 13.8. The maximum atomic E-state index is 2.93. The van der Waals surface area contributed by atoms with Crippen molar-refractivity contribution >= 4 is 0 Å². The molecule has 5 aliphatic carbocycles. The first-order valence-electron chi connectivity index (χ1n) is 9.89. The second kappa shape index (κ2) is 4.97. The maximum Gasteiger partial charge on any atom is 0.0485 e. The van der Waals surface area contributed by atoms with Gasteiger partial charge < -0.3 is 0 Å². The van der Waals surface area contributed by atoms with Crippen LogP contribution < -0.4 is 0 Å². The number of nitrogens with zero attached hydrogens (tertiary/aromatic N) is 1. The van der Waals surface area contributed by atoms with Gasteiger partial charge in [-0.1, -0.05) is 30.7 Å². The minimum Gasteiger partial charge on any atom is -0.293 e. The summed E-state index contributed by atoms with van der Waals surface area (Å²) in [5.74, 6) is 3.19. The fourth-order valence-electron chi connectivity index (χ4n) is 7.51. The monoisotopic (exact) mass is 297 g/mol. The van der Waals surface area contributed by atoms with Gasteiger partial charge in [0.25, 0.3) is 0 Å². The summed E-state index contributed by atoms with van der Waals surface area (Å²) in [6.07, 6.45) is 24.7. The molecule has 0 spiro atoms. The minimum absolute atomic E-state index is 0.373. The van der Waals surface area contributed by atoms with Gasteiger partial charge in [0.05, 0.1) is 0 Å². The van der Waals surface area contributed by atoms with Crippen LogP contribution in [-0.2, 0) is 0 Å². The van der Waals surface area contributed by atoms with Crippen molar-refractivity contribution in [2.45, 2.75) is 69.7 Å². The highest BCUT2D eigenvalue weighted by Crippen LogP contribution is 2.66. The van der Waals surface area contributed by atoms with Gasteiger partial charge in [-0.15, -0.1) is 0 Å². The first-order chi connectivity index (χ1) is 10.8. The Morgan fingerprint density at radius 1 is 0.773 bits per heavy atom. The Balaban J connectivity index is 1.56. The van der Waals surface area contributed by atoms with E-state index in [9.17, 15) is 0 Å². The fourth-order valence-corrected chi connectivity index (χ4v) is 7.51. The molecule has 0 N–H and O–H groups in total. The smallest absolute Gasteiger partial charge is 0.0485 e. The molecule has 4 saturated carbocycles. The second-order valence-corrected chi connectivity index (χ2v) is 9.16. The van der Waals surface area contributed by atoms with Crippen LogP contribution in [0.25, 0.3) is 0 Å². The molecule has 5 fully saturated rings. The van der Waals surface area contributed by atoms with Crippen molar-refractivity contribution < 1.29 is 0 Å². The summed E-state index contributed by atoms with van der Waals surface area (Å²) in [6, 6.07) is 0. The molecular formula is C21H31N. The Labute approximate surface area is 135 Å². The Morgan fingerprint density at radius 3 is 1.95 bits per heavy atom. The molecule has 0 aromatic heterocycles. The molecule has 1 unspecified atom stereocenters. The average Bonchev–Trinajstić information content (AvgIpc) is 2.55. The number of likely N-dealkylation sites (tertiary alicyclic amines) is 1. The molecule has 1 heteroatoms. The van der Waals surface area contributed by atoms with E-state index in [0.29, 0.717) is 11.0 Å². The first-order valence-corrected chi connectivity index (χ1v) is 9.89. The highest BCUT2D eigenvalue weighted by Gasteiger charge is 2.60. The molecule has 0 aromatic carbocycles. The third-order valence-corrected chi connectivity index (χ3v) is 7.93. The lowest BCUT2D eigenvalue weighted by molar-refractivity contribution is -0.134. The molecule has 0 aromatic rings. The number of hydrogen-bond donors (Lipinski definition) is 0. The van der Waals surface area contributed by atoms with Crippen LogP contribution in [0, 0.1) is 23.2 Å². The lowest BCUT2D eigenvalue weighted by atomic mass is 9.43.